The molecule has 0 N–H and O–H groups in total. The lowest BCUT2D eigenvalue weighted by molar-refractivity contribution is 0.590. The molecule has 5 heteroatoms. The van der Waals surface area contributed by atoms with Gasteiger partial charge in [0, 0.05) is 60.3 Å². The first-order valence-corrected chi connectivity index (χ1v) is 25.4. The van der Waals surface area contributed by atoms with Crippen molar-refractivity contribution in [3.05, 3.63) is 162 Å². The highest BCUT2D eigenvalue weighted by Crippen LogP contribution is 2.46. The number of benzene rings is 8. The Morgan fingerprint density at radius 1 is 0.386 bits per heavy atom. The first kappa shape index (κ1) is 41.8. The minimum atomic E-state index is -0.0641. The number of hydrogen-bond acceptors (Lipinski definition) is 1. The first-order valence-electron chi connectivity index (χ1n) is 25.4. The van der Waals surface area contributed by atoms with Gasteiger partial charge in [0.15, 0.2) is 0 Å². The molecule has 0 saturated heterocycles. The molecule has 0 spiro atoms. The third-order valence-corrected chi connectivity index (χ3v) is 16.4. The lowest BCUT2D eigenvalue weighted by Gasteiger charge is -2.36. The van der Waals surface area contributed by atoms with Crippen molar-refractivity contribution in [1.29, 1.82) is 0 Å². The van der Waals surface area contributed by atoms with Gasteiger partial charge in [0.1, 0.15) is 5.65 Å². The van der Waals surface area contributed by atoms with Crippen molar-refractivity contribution in [2.45, 2.75) is 105 Å². The van der Waals surface area contributed by atoms with Gasteiger partial charge >= 0.3 is 0 Å². The molecule has 0 bridgehead atoms. The highest BCUT2D eigenvalue weighted by molar-refractivity contribution is 7.00. The van der Waals surface area contributed by atoms with Gasteiger partial charge in [-0.1, -0.05) is 162 Å². The van der Waals surface area contributed by atoms with Crippen molar-refractivity contribution in [1.82, 2.24) is 18.5 Å². The van der Waals surface area contributed by atoms with E-state index in [1.807, 2.05) is 0 Å². The van der Waals surface area contributed by atoms with Gasteiger partial charge < -0.3 is 9.13 Å². The lowest BCUT2D eigenvalue weighted by Crippen LogP contribution is -2.59. The Labute approximate surface area is 410 Å². The Morgan fingerprint density at radius 2 is 0.871 bits per heavy atom. The fraction of sp³-hybridized carbons (Fsp3) is 0.246. The van der Waals surface area contributed by atoms with Crippen LogP contribution in [0.25, 0.3) is 104 Å². The molecular formula is C65H59BN4. The number of para-hydroxylation sites is 2. The second-order valence-electron chi connectivity index (χ2n) is 24.9. The molecule has 12 aromatic rings. The minimum absolute atomic E-state index is 0.00436. The summed E-state index contributed by atoms with van der Waals surface area (Å²) in [7, 11) is 0. The van der Waals surface area contributed by atoms with Crippen molar-refractivity contribution in [2.24, 2.45) is 0 Å². The molecule has 0 amide bonds. The molecular weight excluding hydrogens is 848 g/mol. The van der Waals surface area contributed by atoms with Gasteiger partial charge in [0.2, 0.25) is 0 Å². The molecule has 0 fully saturated rings. The standard InChI is InChI=1S/C65H59BN4/c1-62(2,3)37-24-26-53-45(30-37)47-32-39(64(7,8)9)34-49-58(47)68(53)55-28-36(41-21-17-22-51-60(41)70-52-23-16-15-19-43(52)42-18-13-14-20-44(42)61(70)67-51)29-56-57(55)66(49)50-35-40(65(10,11)12)33-48-46-31-38(63(4,5)6)25-27-54(46)69(56)59(48)50/h13-35H,1-12H3. The third kappa shape index (κ3) is 5.52. The van der Waals surface area contributed by atoms with Gasteiger partial charge in [-0.25, -0.2) is 4.98 Å². The summed E-state index contributed by atoms with van der Waals surface area (Å²) in [5.74, 6) is 0. The van der Waals surface area contributed by atoms with Crippen LogP contribution in [0.4, 0.5) is 0 Å². The molecule has 0 unspecified atom stereocenters. The largest absolute Gasteiger partial charge is 0.310 e. The van der Waals surface area contributed by atoms with Crippen LogP contribution < -0.4 is 16.4 Å². The summed E-state index contributed by atoms with van der Waals surface area (Å²) in [5.41, 5.74) is 23.8. The molecule has 8 aromatic carbocycles. The number of pyridine rings is 1. The van der Waals surface area contributed by atoms with Crippen LogP contribution in [-0.2, 0) is 21.7 Å². The molecule has 70 heavy (non-hydrogen) atoms. The maximum Gasteiger partial charge on any atom is 0.252 e. The normalized spacial score (nSPS) is 14.0. The number of imidazole rings is 1. The van der Waals surface area contributed by atoms with Gasteiger partial charge in [0.25, 0.3) is 6.71 Å². The zero-order chi connectivity index (χ0) is 48.3. The van der Waals surface area contributed by atoms with E-state index in [1.54, 1.807) is 0 Å². The van der Waals surface area contributed by atoms with E-state index < -0.39 is 0 Å². The van der Waals surface area contributed by atoms with Gasteiger partial charge in [-0.3, -0.25) is 4.40 Å². The van der Waals surface area contributed by atoms with Crippen LogP contribution in [0.2, 0.25) is 0 Å². The Morgan fingerprint density at radius 3 is 1.40 bits per heavy atom. The van der Waals surface area contributed by atoms with Crippen molar-refractivity contribution < 1.29 is 0 Å². The van der Waals surface area contributed by atoms with Gasteiger partial charge in [0.05, 0.1) is 27.6 Å². The molecule has 4 aromatic heterocycles. The number of fused-ring (bicyclic) bond motifs is 18. The highest BCUT2D eigenvalue weighted by Gasteiger charge is 2.43. The Bertz CT molecular complexity index is 4150. The van der Waals surface area contributed by atoms with Gasteiger partial charge in [-0.15, -0.1) is 0 Å². The zero-order valence-electron chi connectivity index (χ0n) is 42.6. The second kappa shape index (κ2) is 13.4. The van der Waals surface area contributed by atoms with Crippen LogP contribution in [0.15, 0.2) is 140 Å². The third-order valence-electron chi connectivity index (χ3n) is 16.4. The molecule has 0 aliphatic carbocycles. The lowest BCUT2D eigenvalue weighted by atomic mass is 9.34. The van der Waals surface area contributed by atoms with Crippen molar-refractivity contribution in [2.75, 3.05) is 0 Å². The first-order chi connectivity index (χ1) is 33.3. The fourth-order valence-electron chi connectivity index (χ4n) is 12.6. The summed E-state index contributed by atoms with van der Waals surface area (Å²) in [4.78, 5) is 5.48. The van der Waals surface area contributed by atoms with Crippen LogP contribution in [0.3, 0.4) is 0 Å². The predicted octanol–water partition coefficient (Wildman–Crippen LogP) is 15.0. The molecule has 2 aliphatic heterocycles. The van der Waals surface area contributed by atoms with Crippen molar-refractivity contribution >= 4 is 105 Å². The SMILES string of the molecule is CC(C)(C)c1ccc2c(c1)c1cc(C(C)(C)C)cc3c1n2-c1cc(-c2cccc4nc5c6ccccc6c6ccccc6n5c24)cc2c1B3c1cc(C(C)(C)C)cc3c4cc(C(C)(C)C)ccc4n-2c13. The molecule has 4 nitrogen and oxygen atoms in total. The Hall–Kier alpha value is -7.11. The smallest absolute Gasteiger partial charge is 0.252 e. The van der Waals surface area contributed by atoms with Crippen LogP contribution in [-0.4, -0.2) is 25.2 Å². The Kier molecular flexibility index (Phi) is 8.01. The van der Waals surface area contributed by atoms with E-state index in [0.29, 0.717) is 0 Å². The zero-order valence-corrected chi connectivity index (χ0v) is 42.6. The maximum atomic E-state index is 5.48. The molecule has 0 atom stereocenters. The number of aromatic nitrogens is 4. The molecule has 14 rings (SSSR count). The topological polar surface area (TPSA) is 27.2 Å². The van der Waals surface area contributed by atoms with E-state index >= 15 is 0 Å². The van der Waals surface area contributed by atoms with Crippen molar-refractivity contribution in [3.8, 4) is 22.5 Å². The van der Waals surface area contributed by atoms with E-state index in [0.717, 1.165) is 22.1 Å². The summed E-state index contributed by atoms with van der Waals surface area (Å²) in [5, 5.41) is 8.94. The fourth-order valence-corrected chi connectivity index (χ4v) is 12.6. The summed E-state index contributed by atoms with van der Waals surface area (Å²) in [6.07, 6.45) is 0. The van der Waals surface area contributed by atoms with Crippen LogP contribution in [0, 0.1) is 0 Å². The number of rotatable bonds is 1. The molecule has 2 aliphatic rings. The summed E-state index contributed by atoms with van der Waals surface area (Å²) in [6, 6.07) is 54.3. The van der Waals surface area contributed by atoms with Gasteiger partial charge in [-0.05, 0) is 132 Å². The Balaban J connectivity index is 1.20. The average Bonchev–Trinajstić information content (AvgIpc) is 3.99. The van der Waals surface area contributed by atoms with E-state index in [2.05, 4.69) is 236 Å². The van der Waals surface area contributed by atoms with Crippen molar-refractivity contribution in [3.63, 3.8) is 0 Å². The number of hydrogen-bond donors (Lipinski definition) is 0. The quantitative estimate of drug-likeness (QED) is 0.119. The molecule has 0 radical (unpaired) electrons. The second-order valence-corrected chi connectivity index (χ2v) is 24.9. The summed E-state index contributed by atoms with van der Waals surface area (Å²) in [6.45, 7) is 28.3. The molecule has 342 valence electrons. The van der Waals surface area contributed by atoms with E-state index in [9.17, 15) is 0 Å². The maximum absolute atomic E-state index is 5.48. The predicted molar refractivity (Wildman–Crippen MR) is 301 cm³/mol. The van der Waals surface area contributed by atoms with Crippen LogP contribution in [0.1, 0.15) is 105 Å². The highest BCUT2D eigenvalue weighted by atomic mass is 15.0. The average molecular weight is 907 g/mol. The van der Waals surface area contributed by atoms with E-state index in [4.69, 9.17) is 4.98 Å². The van der Waals surface area contributed by atoms with Crippen LogP contribution >= 0.6 is 0 Å². The summed E-state index contributed by atoms with van der Waals surface area (Å²) >= 11 is 0. The number of nitrogens with zero attached hydrogens (tertiary/aromatic N) is 4. The molecule has 6 heterocycles. The molecule has 0 saturated carbocycles. The van der Waals surface area contributed by atoms with Gasteiger partial charge in [-0.2, -0.15) is 0 Å². The van der Waals surface area contributed by atoms with E-state index in [-0.39, 0.29) is 28.4 Å². The monoisotopic (exact) mass is 906 g/mol. The minimum Gasteiger partial charge on any atom is -0.310 e. The van der Waals surface area contributed by atoms with E-state index in [1.165, 1.54) is 121 Å². The summed E-state index contributed by atoms with van der Waals surface area (Å²) < 4.78 is 7.76. The van der Waals surface area contributed by atoms with Crippen LogP contribution in [0.5, 0.6) is 0 Å².